The average molecular weight is 253 g/mol. The van der Waals surface area contributed by atoms with Gasteiger partial charge in [0.2, 0.25) is 0 Å². The zero-order valence-corrected chi connectivity index (χ0v) is 11.6. The van der Waals surface area contributed by atoms with Gasteiger partial charge in [0.15, 0.2) is 0 Å². The molecule has 0 spiro atoms. The van der Waals surface area contributed by atoms with Crippen LogP contribution in [0.15, 0.2) is 18.2 Å². The molecule has 0 N–H and O–H groups in total. The fourth-order valence-electron chi connectivity index (χ4n) is 2.79. The van der Waals surface area contributed by atoms with Crippen LogP contribution >= 0.6 is 11.6 Å². The summed E-state index contributed by atoms with van der Waals surface area (Å²) in [6, 6.07) is 6.50. The molecule has 2 heterocycles. The van der Waals surface area contributed by atoms with E-state index in [1.54, 1.807) is 0 Å². The monoisotopic (exact) mass is 252 g/mol. The Bertz CT molecular complexity index is 380. The van der Waals surface area contributed by atoms with Crippen LogP contribution in [0.5, 0.6) is 0 Å². The van der Waals surface area contributed by atoms with Gasteiger partial charge in [0.1, 0.15) is 5.15 Å². The maximum atomic E-state index is 5.93. The van der Waals surface area contributed by atoms with Crippen molar-refractivity contribution in [1.82, 2.24) is 9.88 Å². The first-order valence-electron chi connectivity index (χ1n) is 6.41. The molecule has 0 saturated carbocycles. The first-order valence-corrected chi connectivity index (χ1v) is 6.79. The van der Waals surface area contributed by atoms with E-state index in [1.807, 2.05) is 12.1 Å². The molecular formula is C14H21ClN2. The maximum Gasteiger partial charge on any atom is 0.129 e. The molecule has 0 aromatic carbocycles. The number of halogens is 1. The highest BCUT2D eigenvalue weighted by Crippen LogP contribution is 2.27. The third-order valence-corrected chi connectivity index (χ3v) is 4.07. The van der Waals surface area contributed by atoms with Gasteiger partial charge in [-0.15, -0.1) is 0 Å². The van der Waals surface area contributed by atoms with Gasteiger partial charge in [-0.1, -0.05) is 31.5 Å². The lowest BCUT2D eigenvalue weighted by Gasteiger charge is -2.40. The molecule has 3 heteroatoms. The van der Waals surface area contributed by atoms with Gasteiger partial charge in [0.25, 0.3) is 0 Å². The average Bonchev–Trinajstić information content (AvgIpc) is 2.25. The molecule has 0 amide bonds. The number of nitrogens with zero attached hydrogens (tertiary/aromatic N) is 2. The molecule has 94 valence electrons. The summed E-state index contributed by atoms with van der Waals surface area (Å²) in [5, 5.41) is 0.591. The van der Waals surface area contributed by atoms with Gasteiger partial charge in [-0.25, -0.2) is 4.98 Å². The van der Waals surface area contributed by atoms with Crippen molar-refractivity contribution in [3.05, 3.63) is 29.0 Å². The van der Waals surface area contributed by atoms with E-state index in [4.69, 9.17) is 11.6 Å². The van der Waals surface area contributed by atoms with Crippen LogP contribution < -0.4 is 0 Å². The van der Waals surface area contributed by atoms with Crippen molar-refractivity contribution in [2.45, 2.75) is 39.8 Å². The quantitative estimate of drug-likeness (QED) is 0.748. The van der Waals surface area contributed by atoms with E-state index < -0.39 is 0 Å². The summed E-state index contributed by atoms with van der Waals surface area (Å²) >= 11 is 5.93. The highest BCUT2D eigenvalue weighted by atomic mass is 35.5. The highest BCUT2D eigenvalue weighted by molar-refractivity contribution is 6.29. The van der Waals surface area contributed by atoms with Crippen LogP contribution in [0.25, 0.3) is 0 Å². The molecule has 1 aromatic rings. The minimum Gasteiger partial charge on any atom is -0.294 e. The van der Waals surface area contributed by atoms with E-state index >= 15 is 0 Å². The minimum absolute atomic E-state index is 0.591. The second kappa shape index (κ2) is 5.36. The van der Waals surface area contributed by atoms with Crippen LogP contribution in [-0.2, 0) is 6.54 Å². The highest BCUT2D eigenvalue weighted by Gasteiger charge is 2.28. The van der Waals surface area contributed by atoms with Gasteiger partial charge in [0, 0.05) is 19.1 Å². The summed E-state index contributed by atoms with van der Waals surface area (Å²) in [5.74, 6) is 1.54. The van der Waals surface area contributed by atoms with Crippen LogP contribution in [0.4, 0.5) is 0 Å². The summed E-state index contributed by atoms with van der Waals surface area (Å²) in [4.78, 5) is 6.90. The van der Waals surface area contributed by atoms with Gasteiger partial charge in [0.05, 0.1) is 5.69 Å². The predicted molar refractivity (Wildman–Crippen MR) is 72.1 cm³/mol. The molecule has 0 radical (unpaired) electrons. The molecule has 1 aliphatic rings. The second-order valence-corrected chi connectivity index (χ2v) is 5.83. The molecule has 17 heavy (non-hydrogen) atoms. The van der Waals surface area contributed by atoms with E-state index in [9.17, 15) is 0 Å². The number of hydrogen-bond acceptors (Lipinski definition) is 2. The Morgan fingerprint density at radius 1 is 1.35 bits per heavy atom. The number of likely N-dealkylation sites (tertiary alicyclic amines) is 1. The van der Waals surface area contributed by atoms with Crippen molar-refractivity contribution in [3.8, 4) is 0 Å². The van der Waals surface area contributed by atoms with E-state index in [1.165, 1.54) is 13.0 Å². The zero-order chi connectivity index (χ0) is 12.4. The van der Waals surface area contributed by atoms with E-state index in [0.717, 1.165) is 24.1 Å². The van der Waals surface area contributed by atoms with Gasteiger partial charge >= 0.3 is 0 Å². The van der Waals surface area contributed by atoms with Gasteiger partial charge in [-0.3, -0.25) is 4.90 Å². The molecule has 1 fully saturated rings. The van der Waals surface area contributed by atoms with Crippen LogP contribution in [0.3, 0.4) is 0 Å². The first kappa shape index (κ1) is 12.8. The third kappa shape index (κ3) is 3.20. The van der Waals surface area contributed by atoms with Gasteiger partial charge in [-0.2, -0.15) is 0 Å². The lowest BCUT2D eigenvalue weighted by molar-refractivity contribution is 0.0718. The van der Waals surface area contributed by atoms with Crippen molar-refractivity contribution in [2.75, 3.05) is 6.54 Å². The molecule has 1 aliphatic heterocycles. The van der Waals surface area contributed by atoms with E-state index in [-0.39, 0.29) is 0 Å². The van der Waals surface area contributed by atoms with Gasteiger partial charge < -0.3 is 0 Å². The van der Waals surface area contributed by atoms with E-state index in [0.29, 0.717) is 11.2 Å². The predicted octanol–water partition coefficient (Wildman–Crippen LogP) is 3.60. The maximum absolute atomic E-state index is 5.93. The summed E-state index contributed by atoms with van der Waals surface area (Å²) in [6.45, 7) is 9.08. The van der Waals surface area contributed by atoms with Crippen LogP contribution in [0.1, 0.15) is 32.9 Å². The van der Waals surface area contributed by atoms with Crippen molar-refractivity contribution in [3.63, 3.8) is 0 Å². The SMILES string of the molecule is CC1CC(C)C(C)N(Cc2cccc(Cl)n2)C1. The Kier molecular flexibility index (Phi) is 4.05. The Hall–Kier alpha value is -0.600. The minimum atomic E-state index is 0.591. The summed E-state index contributed by atoms with van der Waals surface area (Å²) in [7, 11) is 0. The lowest BCUT2D eigenvalue weighted by atomic mass is 9.86. The Labute approximate surface area is 109 Å². The topological polar surface area (TPSA) is 16.1 Å². The van der Waals surface area contributed by atoms with Crippen molar-refractivity contribution in [2.24, 2.45) is 11.8 Å². The largest absolute Gasteiger partial charge is 0.294 e. The van der Waals surface area contributed by atoms with Crippen LogP contribution in [0.2, 0.25) is 5.15 Å². The van der Waals surface area contributed by atoms with Gasteiger partial charge in [-0.05, 0) is 37.3 Å². The molecule has 3 unspecified atom stereocenters. The Morgan fingerprint density at radius 2 is 2.12 bits per heavy atom. The molecule has 1 aromatic heterocycles. The number of pyridine rings is 1. The lowest BCUT2D eigenvalue weighted by Crippen LogP contribution is -2.45. The standard InChI is InChI=1S/C14H21ClN2/c1-10-7-11(2)12(3)17(8-10)9-13-5-4-6-14(15)16-13/h4-6,10-12H,7-9H2,1-3H3. The number of piperidine rings is 1. The molecule has 2 rings (SSSR count). The van der Waals surface area contributed by atoms with Crippen molar-refractivity contribution >= 4 is 11.6 Å². The summed E-state index contributed by atoms with van der Waals surface area (Å²) in [6.07, 6.45) is 1.33. The first-order chi connectivity index (χ1) is 8.06. The Morgan fingerprint density at radius 3 is 2.82 bits per heavy atom. The fourth-order valence-corrected chi connectivity index (χ4v) is 2.97. The molecule has 3 atom stereocenters. The fraction of sp³-hybridized carbons (Fsp3) is 0.643. The molecular weight excluding hydrogens is 232 g/mol. The van der Waals surface area contributed by atoms with Crippen molar-refractivity contribution < 1.29 is 0 Å². The Balaban J connectivity index is 2.07. The second-order valence-electron chi connectivity index (χ2n) is 5.44. The molecule has 1 saturated heterocycles. The van der Waals surface area contributed by atoms with Crippen LogP contribution in [-0.4, -0.2) is 22.5 Å². The number of hydrogen-bond donors (Lipinski definition) is 0. The molecule has 0 bridgehead atoms. The number of aromatic nitrogens is 1. The zero-order valence-electron chi connectivity index (χ0n) is 10.9. The summed E-state index contributed by atoms with van der Waals surface area (Å²) < 4.78 is 0. The third-order valence-electron chi connectivity index (χ3n) is 3.86. The number of rotatable bonds is 2. The molecule has 2 nitrogen and oxygen atoms in total. The van der Waals surface area contributed by atoms with Crippen LogP contribution in [0, 0.1) is 11.8 Å². The molecule has 0 aliphatic carbocycles. The van der Waals surface area contributed by atoms with Crippen molar-refractivity contribution in [1.29, 1.82) is 0 Å². The summed E-state index contributed by atoms with van der Waals surface area (Å²) in [5.41, 5.74) is 1.07. The van der Waals surface area contributed by atoms with E-state index in [2.05, 4.69) is 36.7 Å². The normalized spacial score (nSPS) is 30.5. The smallest absolute Gasteiger partial charge is 0.129 e.